The number of hydrogen-bond acceptors (Lipinski definition) is 4. The summed E-state index contributed by atoms with van der Waals surface area (Å²) in [4.78, 5) is 0. The van der Waals surface area contributed by atoms with E-state index in [1.165, 1.54) is 6.26 Å². The highest BCUT2D eigenvalue weighted by molar-refractivity contribution is 7.90. The van der Waals surface area contributed by atoms with Gasteiger partial charge in [-0.15, -0.1) is 0 Å². The predicted octanol–water partition coefficient (Wildman–Crippen LogP) is 2.49. The minimum atomic E-state index is -3.03. The van der Waals surface area contributed by atoms with Crippen molar-refractivity contribution in [2.75, 3.05) is 18.6 Å². The molecular formula is C16H25NO3S. The van der Waals surface area contributed by atoms with Crippen molar-refractivity contribution in [1.82, 2.24) is 5.32 Å². The largest absolute Gasteiger partial charge is 0.487 e. The predicted molar refractivity (Wildman–Crippen MR) is 85.6 cm³/mol. The lowest BCUT2D eigenvalue weighted by molar-refractivity contribution is 0.138. The molecule has 0 bridgehead atoms. The first-order chi connectivity index (χ1) is 9.70. The van der Waals surface area contributed by atoms with Crippen molar-refractivity contribution < 1.29 is 13.2 Å². The van der Waals surface area contributed by atoms with Crippen molar-refractivity contribution in [3.8, 4) is 5.75 Å². The standard InChI is InChI=1S/C16H25NO3S/c1-5-8-17-14(11-21(4,18)19)12-6-7-15-13(9-12)10-16(2,3)20-15/h6-7,9,14,17H,5,8,10-11H2,1-4H3. The molecule has 0 amide bonds. The van der Waals surface area contributed by atoms with Crippen LogP contribution in [0.3, 0.4) is 0 Å². The number of rotatable bonds is 6. The molecule has 1 aliphatic rings. The van der Waals surface area contributed by atoms with Crippen molar-refractivity contribution >= 4 is 9.84 Å². The number of fused-ring (bicyclic) bond motifs is 1. The first-order valence-corrected chi connectivity index (χ1v) is 9.49. The monoisotopic (exact) mass is 311 g/mol. The van der Waals surface area contributed by atoms with E-state index in [1.54, 1.807) is 0 Å². The smallest absolute Gasteiger partial charge is 0.149 e. The van der Waals surface area contributed by atoms with Crippen LogP contribution in [0.1, 0.15) is 44.4 Å². The first kappa shape index (κ1) is 16.3. The van der Waals surface area contributed by atoms with Gasteiger partial charge in [-0.3, -0.25) is 0 Å². The second-order valence-corrected chi connectivity index (χ2v) is 8.69. The van der Waals surface area contributed by atoms with E-state index in [1.807, 2.05) is 12.1 Å². The lowest BCUT2D eigenvalue weighted by Crippen LogP contribution is -2.28. The van der Waals surface area contributed by atoms with Gasteiger partial charge >= 0.3 is 0 Å². The fourth-order valence-electron chi connectivity index (χ4n) is 2.74. The molecule has 0 aromatic heterocycles. The second kappa shape index (κ2) is 5.97. The zero-order valence-corrected chi connectivity index (χ0v) is 14.1. The van der Waals surface area contributed by atoms with E-state index >= 15 is 0 Å². The van der Waals surface area contributed by atoms with Crippen LogP contribution in [0, 0.1) is 0 Å². The molecule has 0 spiro atoms. The van der Waals surface area contributed by atoms with E-state index in [0.29, 0.717) is 0 Å². The molecule has 4 nitrogen and oxygen atoms in total. The Hall–Kier alpha value is -1.07. The fourth-order valence-corrected chi connectivity index (χ4v) is 3.66. The third-order valence-electron chi connectivity index (χ3n) is 3.60. The van der Waals surface area contributed by atoms with Crippen molar-refractivity contribution in [2.24, 2.45) is 0 Å². The average Bonchev–Trinajstić information content (AvgIpc) is 2.65. The number of benzene rings is 1. The van der Waals surface area contributed by atoms with Crippen LogP contribution >= 0.6 is 0 Å². The Kier molecular flexibility index (Phi) is 4.63. The maximum atomic E-state index is 11.7. The molecule has 1 aromatic carbocycles. The van der Waals surface area contributed by atoms with Crippen LogP contribution in [0.4, 0.5) is 0 Å². The Balaban J connectivity index is 2.25. The summed E-state index contributed by atoms with van der Waals surface area (Å²) >= 11 is 0. The molecule has 0 saturated heterocycles. The normalized spacial score (nSPS) is 18.1. The molecule has 0 fully saturated rings. The SMILES string of the molecule is CCCNC(CS(C)(=O)=O)c1ccc2c(c1)CC(C)(C)O2. The maximum absolute atomic E-state index is 11.7. The molecule has 0 aliphatic carbocycles. The fraction of sp³-hybridized carbons (Fsp3) is 0.625. The van der Waals surface area contributed by atoms with E-state index in [2.05, 4.69) is 32.2 Å². The van der Waals surface area contributed by atoms with Gasteiger partial charge < -0.3 is 10.1 Å². The molecule has 0 radical (unpaired) electrons. The summed E-state index contributed by atoms with van der Waals surface area (Å²) in [7, 11) is -3.03. The Morgan fingerprint density at radius 3 is 2.71 bits per heavy atom. The molecule has 118 valence electrons. The summed E-state index contributed by atoms with van der Waals surface area (Å²) in [5, 5.41) is 3.33. The molecule has 1 aliphatic heterocycles. The summed E-state index contributed by atoms with van der Waals surface area (Å²) in [5.74, 6) is 1.04. The molecule has 0 saturated carbocycles. The van der Waals surface area contributed by atoms with Crippen molar-refractivity contribution in [3.05, 3.63) is 29.3 Å². The summed E-state index contributed by atoms with van der Waals surface area (Å²) in [6.07, 6.45) is 3.12. The highest BCUT2D eigenvalue weighted by atomic mass is 32.2. The topological polar surface area (TPSA) is 55.4 Å². The van der Waals surface area contributed by atoms with Crippen LogP contribution < -0.4 is 10.1 Å². The number of sulfone groups is 1. The van der Waals surface area contributed by atoms with Gasteiger partial charge in [0.15, 0.2) is 0 Å². The summed E-state index contributed by atoms with van der Waals surface area (Å²) in [5.41, 5.74) is 2.01. The van der Waals surface area contributed by atoms with Gasteiger partial charge in [-0.2, -0.15) is 0 Å². The minimum absolute atomic E-state index is 0.121. The van der Waals surface area contributed by atoms with E-state index in [-0.39, 0.29) is 17.4 Å². The summed E-state index contributed by atoms with van der Waals surface area (Å²) < 4.78 is 29.2. The molecule has 21 heavy (non-hydrogen) atoms. The lowest BCUT2D eigenvalue weighted by Gasteiger charge is -2.18. The Labute approximate surface area is 127 Å². The van der Waals surface area contributed by atoms with Gasteiger partial charge in [0.25, 0.3) is 0 Å². The third kappa shape index (κ3) is 4.45. The quantitative estimate of drug-likeness (QED) is 0.877. The van der Waals surface area contributed by atoms with Crippen LogP contribution in [-0.4, -0.2) is 32.6 Å². The van der Waals surface area contributed by atoms with Gasteiger partial charge in [-0.25, -0.2) is 8.42 Å². The molecule has 1 heterocycles. The molecule has 1 atom stereocenters. The van der Waals surface area contributed by atoms with Crippen molar-refractivity contribution in [1.29, 1.82) is 0 Å². The lowest BCUT2D eigenvalue weighted by atomic mass is 9.98. The van der Waals surface area contributed by atoms with Crippen LogP contribution in [0.15, 0.2) is 18.2 Å². The first-order valence-electron chi connectivity index (χ1n) is 7.43. The van der Waals surface area contributed by atoms with Gasteiger partial charge in [0.1, 0.15) is 21.2 Å². The Morgan fingerprint density at radius 2 is 2.10 bits per heavy atom. The molecule has 2 rings (SSSR count). The number of hydrogen-bond donors (Lipinski definition) is 1. The van der Waals surface area contributed by atoms with Crippen LogP contribution in [0.2, 0.25) is 0 Å². The van der Waals surface area contributed by atoms with Crippen LogP contribution in [0.5, 0.6) is 5.75 Å². The zero-order chi connectivity index (χ0) is 15.7. The number of ether oxygens (including phenoxy) is 1. The highest BCUT2D eigenvalue weighted by Gasteiger charge is 2.30. The summed E-state index contributed by atoms with van der Waals surface area (Å²) in [6.45, 7) is 7.01. The third-order valence-corrected chi connectivity index (χ3v) is 4.54. The maximum Gasteiger partial charge on any atom is 0.149 e. The summed E-state index contributed by atoms with van der Waals surface area (Å²) in [6, 6.07) is 5.86. The van der Waals surface area contributed by atoms with Gasteiger partial charge in [0, 0.05) is 18.7 Å². The highest BCUT2D eigenvalue weighted by Crippen LogP contribution is 2.36. The molecule has 5 heteroatoms. The van der Waals surface area contributed by atoms with E-state index in [4.69, 9.17) is 4.74 Å². The van der Waals surface area contributed by atoms with Crippen LogP contribution in [0.25, 0.3) is 0 Å². The van der Waals surface area contributed by atoms with E-state index in [9.17, 15) is 8.42 Å². The zero-order valence-electron chi connectivity index (χ0n) is 13.3. The van der Waals surface area contributed by atoms with Crippen molar-refractivity contribution in [3.63, 3.8) is 0 Å². The Bertz CT molecular complexity index is 608. The number of nitrogens with one attached hydrogen (secondary N) is 1. The average molecular weight is 311 g/mol. The van der Waals surface area contributed by atoms with Gasteiger partial charge in [-0.05, 0) is 44.0 Å². The molecule has 1 N–H and O–H groups in total. The van der Waals surface area contributed by atoms with Gasteiger partial charge in [0.2, 0.25) is 0 Å². The second-order valence-electron chi connectivity index (χ2n) is 6.50. The minimum Gasteiger partial charge on any atom is -0.487 e. The van der Waals surface area contributed by atoms with Crippen LogP contribution in [-0.2, 0) is 16.3 Å². The molecule has 1 unspecified atom stereocenters. The van der Waals surface area contributed by atoms with E-state index < -0.39 is 9.84 Å². The van der Waals surface area contributed by atoms with E-state index in [0.717, 1.165) is 36.3 Å². The molecule has 1 aromatic rings. The van der Waals surface area contributed by atoms with Gasteiger partial charge in [-0.1, -0.05) is 19.1 Å². The van der Waals surface area contributed by atoms with Crippen molar-refractivity contribution in [2.45, 2.75) is 45.3 Å². The van der Waals surface area contributed by atoms with Gasteiger partial charge in [0.05, 0.1) is 5.75 Å². The molecular weight excluding hydrogens is 286 g/mol. The Morgan fingerprint density at radius 1 is 1.38 bits per heavy atom.